The predicted octanol–water partition coefficient (Wildman–Crippen LogP) is 0.677. The lowest BCUT2D eigenvalue weighted by Gasteiger charge is -2.08. The molecule has 0 bridgehead atoms. The summed E-state index contributed by atoms with van der Waals surface area (Å²) in [4.78, 5) is 0. The van der Waals surface area contributed by atoms with Crippen molar-refractivity contribution in [3.8, 4) is 0 Å². The van der Waals surface area contributed by atoms with E-state index in [9.17, 15) is 13.2 Å². The van der Waals surface area contributed by atoms with Crippen LogP contribution in [0.3, 0.4) is 0 Å². The van der Waals surface area contributed by atoms with E-state index < -0.39 is 18.8 Å². The molecule has 0 aliphatic carbocycles. The first-order valence-corrected chi connectivity index (χ1v) is 1.99. The molecule has 0 aromatic carbocycles. The molecule has 0 aromatic heterocycles. The number of nitrogens with two attached hydrogens (primary N) is 2. The van der Waals surface area contributed by atoms with Crippen LogP contribution in [0.15, 0.2) is 0 Å². The van der Waals surface area contributed by atoms with Gasteiger partial charge in [0, 0.05) is 0 Å². The molecule has 0 unspecified atom stereocenters. The van der Waals surface area contributed by atoms with E-state index in [0.29, 0.717) is 0 Å². The lowest BCUT2D eigenvalue weighted by atomic mass is 10.3. The van der Waals surface area contributed by atoms with Gasteiger partial charge in [0.15, 0.2) is 6.17 Å². The molecule has 7 heteroatoms. The third kappa shape index (κ3) is 6.41. The van der Waals surface area contributed by atoms with E-state index in [1.54, 1.807) is 0 Å². The van der Waals surface area contributed by atoms with E-state index in [4.69, 9.17) is 0 Å². The predicted molar refractivity (Wildman–Crippen MR) is 37.6 cm³/mol. The van der Waals surface area contributed by atoms with Crippen molar-refractivity contribution in [3.05, 3.63) is 0 Å². The highest BCUT2D eigenvalue weighted by molar-refractivity contribution is 5.85. The van der Waals surface area contributed by atoms with Crippen LogP contribution < -0.4 is 11.5 Å². The van der Waals surface area contributed by atoms with Crippen molar-refractivity contribution in [2.75, 3.05) is 0 Å². The molecule has 0 radical (unpaired) electrons. The first-order chi connectivity index (χ1) is 3.55. The Bertz CT molecular complexity index is 64.8. The molecule has 4 N–H and O–H groups in total. The van der Waals surface area contributed by atoms with Gasteiger partial charge in [0.2, 0.25) is 0 Å². The standard InChI is InChI=1S/C3H7F3N2.2ClH/c4-1(2(5)6)3(7)8;;/h1-3H,7-8H2;2*1H/t1-;;/m1../s1. The first-order valence-electron chi connectivity index (χ1n) is 1.99. The summed E-state index contributed by atoms with van der Waals surface area (Å²) in [5.41, 5.74) is 9.12. The Balaban J connectivity index is -0.000000245. The van der Waals surface area contributed by atoms with Gasteiger partial charge in [-0.2, -0.15) is 0 Å². The monoisotopic (exact) mass is 200 g/mol. The normalized spacial score (nSPS) is 12.3. The average molecular weight is 201 g/mol. The van der Waals surface area contributed by atoms with Crippen molar-refractivity contribution < 1.29 is 13.2 Å². The lowest BCUT2D eigenvalue weighted by Crippen LogP contribution is -2.43. The van der Waals surface area contributed by atoms with E-state index in [1.807, 2.05) is 0 Å². The van der Waals surface area contributed by atoms with E-state index in [2.05, 4.69) is 11.5 Å². The fourth-order valence-corrected chi connectivity index (χ4v) is 0.168. The van der Waals surface area contributed by atoms with Gasteiger partial charge in [-0.15, -0.1) is 24.8 Å². The average Bonchev–Trinajstić information content (AvgIpc) is 1.64. The van der Waals surface area contributed by atoms with Crippen LogP contribution in [0, 0.1) is 0 Å². The molecular formula is C3H9Cl2F3N2. The summed E-state index contributed by atoms with van der Waals surface area (Å²) in [6, 6.07) is 0. The zero-order chi connectivity index (χ0) is 6.73. The van der Waals surface area contributed by atoms with Crippen molar-refractivity contribution in [1.82, 2.24) is 0 Å². The summed E-state index contributed by atoms with van der Waals surface area (Å²) in [6.45, 7) is 0. The molecule has 0 aliphatic heterocycles. The quantitative estimate of drug-likeness (QED) is 0.645. The van der Waals surface area contributed by atoms with Crippen LogP contribution in [0.25, 0.3) is 0 Å². The molecule has 0 aliphatic rings. The molecule has 1 atom stereocenters. The molecule has 0 rings (SSSR count). The van der Waals surface area contributed by atoms with E-state index in [-0.39, 0.29) is 24.8 Å². The Morgan fingerprint density at radius 2 is 1.20 bits per heavy atom. The van der Waals surface area contributed by atoms with Crippen LogP contribution in [0.1, 0.15) is 0 Å². The Labute approximate surface area is 69.0 Å². The SMILES string of the molecule is Cl.Cl.NC(N)[C@H](F)C(F)F. The number of hydrogen-bond donors (Lipinski definition) is 2. The van der Waals surface area contributed by atoms with Crippen molar-refractivity contribution in [1.29, 1.82) is 0 Å². The molecule has 0 fully saturated rings. The second-order valence-electron chi connectivity index (χ2n) is 1.36. The molecule has 0 saturated carbocycles. The summed E-state index contributed by atoms with van der Waals surface area (Å²) < 4.78 is 33.9. The number of halogens is 5. The van der Waals surface area contributed by atoms with Crippen LogP contribution in [-0.4, -0.2) is 18.8 Å². The second-order valence-corrected chi connectivity index (χ2v) is 1.36. The summed E-state index contributed by atoms with van der Waals surface area (Å²) in [7, 11) is 0. The Morgan fingerprint density at radius 1 is 0.900 bits per heavy atom. The minimum atomic E-state index is -3.07. The highest BCUT2D eigenvalue weighted by Crippen LogP contribution is 2.04. The minimum Gasteiger partial charge on any atom is -0.313 e. The number of hydrogen-bond acceptors (Lipinski definition) is 2. The third-order valence-electron chi connectivity index (χ3n) is 0.608. The van der Waals surface area contributed by atoms with Crippen molar-refractivity contribution in [3.63, 3.8) is 0 Å². The zero-order valence-electron chi connectivity index (χ0n) is 4.84. The highest BCUT2D eigenvalue weighted by Gasteiger charge is 2.23. The Kier molecular flexibility index (Phi) is 12.4. The van der Waals surface area contributed by atoms with Crippen LogP contribution in [0.2, 0.25) is 0 Å². The summed E-state index contributed by atoms with van der Waals surface area (Å²) in [6.07, 6.45) is -7.06. The molecule has 10 heavy (non-hydrogen) atoms. The van der Waals surface area contributed by atoms with Crippen molar-refractivity contribution in [2.45, 2.75) is 18.8 Å². The van der Waals surface area contributed by atoms with E-state index in [0.717, 1.165) is 0 Å². The Hall–Kier alpha value is 0.290. The van der Waals surface area contributed by atoms with Crippen molar-refractivity contribution >= 4 is 24.8 Å². The second kappa shape index (κ2) is 7.40. The molecule has 66 valence electrons. The van der Waals surface area contributed by atoms with Crippen molar-refractivity contribution in [2.24, 2.45) is 11.5 Å². The molecular weight excluding hydrogens is 192 g/mol. The molecule has 2 nitrogen and oxygen atoms in total. The fourth-order valence-electron chi connectivity index (χ4n) is 0.168. The molecule has 0 aromatic rings. The topological polar surface area (TPSA) is 52.0 Å². The van der Waals surface area contributed by atoms with Gasteiger partial charge < -0.3 is 11.5 Å². The van der Waals surface area contributed by atoms with Gasteiger partial charge in [-0.1, -0.05) is 0 Å². The van der Waals surface area contributed by atoms with Gasteiger partial charge in [-0.25, -0.2) is 13.2 Å². The Morgan fingerprint density at radius 3 is 1.20 bits per heavy atom. The molecule has 0 heterocycles. The zero-order valence-corrected chi connectivity index (χ0v) is 6.47. The molecule has 0 saturated heterocycles. The summed E-state index contributed by atoms with van der Waals surface area (Å²) >= 11 is 0. The third-order valence-corrected chi connectivity index (χ3v) is 0.608. The maximum Gasteiger partial charge on any atom is 0.272 e. The van der Waals surface area contributed by atoms with E-state index in [1.165, 1.54) is 0 Å². The maximum absolute atomic E-state index is 11.6. The van der Waals surface area contributed by atoms with Gasteiger partial charge in [0.05, 0.1) is 6.17 Å². The van der Waals surface area contributed by atoms with Gasteiger partial charge in [-0.3, -0.25) is 0 Å². The van der Waals surface area contributed by atoms with Crippen LogP contribution in [0.5, 0.6) is 0 Å². The first kappa shape index (κ1) is 16.7. The number of alkyl halides is 3. The van der Waals surface area contributed by atoms with Gasteiger partial charge in [0.1, 0.15) is 0 Å². The number of rotatable bonds is 2. The van der Waals surface area contributed by atoms with E-state index >= 15 is 0 Å². The molecule has 0 spiro atoms. The van der Waals surface area contributed by atoms with Gasteiger partial charge in [0.25, 0.3) is 6.43 Å². The minimum absolute atomic E-state index is 0. The largest absolute Gasteiger partial charge is 0.313 e. The maximum atomic E-state index is 11.6. The van der Waals surface area contributed by atoms with Crippen LogP contribution >= 0.6 is 24.8 Å². The summed E-state index contributed by atoms with van der Waals surface area (Å²) in [5, 5.41) is 0. The highest BCUT2D eigenvalue weighted by atomic mass is 35.5. The van der Waals surface area contributed by atoms with Crippen LogP contribution in [-0.2, 0) is 0 Å². The summed E-state index contributed by atoms with van der Waals surface area (Å²) in [5.74, 6) is 0. The van der Waals surface area contributed by atoms with Crippen LogP contribution in [0.4, 0.5) is 13.2 Å². The van der Waals surface area contributed by atoms with Gasteiger partial charge >= 0.3 is 0 Å². The lowest BCUT2D eigenvalue weighted by molar-refractivity contribution is 0.0369. The van der Waals surface area contributed by atoms with Gasteiger partial charge in [-0.05, 0) is 0 Å². The fraction of sp³-hybridized carbons (Fsp3) is 1.00. The smallest absolute Gasteiger partial charge is 0.272 e. The molecule has 0 amide bonds.